The van der Waals surface area contributed by atoms with E-state index in [1.54, 1.807) is 5.32 Å². The number of ether oxygens (including phenoxy) is 2. The number of fused-ring (bicyclic) bond motifs is 1. The molecule has 7 nitrogen and oxygen atoms in total. The first-order valence-corrected chi connectivity index (χ1v) is 6.83. The maximum Gasteiger partial charge on any atom is 0.492 e. The van der Waals surface area contributed by atoms with Gasteiger partial charge >= 0.3 is 12.1 Å². The quantitative estimate of drug-likeness (QED) is 0.676. The lowest BCUT2D eigenvalue weighted by Crippen LogP contribution is -2.64. The number of non-ortho nitro benzene ring substituents is 1. The van der Waals surface area contributed by atoms with Gasteiger partial charge in [-0.25, -0.2) is 0 Å². The van der Waals surface area contributed by atoms with Crippen molar-refractivity contribution in [3.63, 3.8) is 0 Å². The van der Waals surface area contributed by atoms with Crippen LogP contribution in [0.2, 0.25) is 0 Å². The van der Waals surface area contributed by atoms with Crippen LogP contribution >= 0.6 is 0 Å². The van der Waals surface area contributed by atoms with Crippen LogP contribution in [-0.4, -0.2) is 22.9 Å². The van der Waals surface area contributed by atoms with Gasteiger partial charge in [-0.3, -0.25) is 20.2 Å². The van der Waals surface area contributed by atoms with Crippen molar-refractivity contribution in [2.75, 3.05) is 0 Å². The highest BCUT2D eigenvalue weighted by atomic mass is 19.4. The Morgan fingerprint density at radius 2 is 1.68 bits per heavy atom. The third-order valence-corrected chi connectivity index (χ3v) is 3.33. The fourth-order valence-electron chi connectivity index (χ4n) is 2.17. The highest BCUT2D eigenvalue weighted by Gasteiger charge is 2.65. The van der Waals surface area contributed by atoms with Crippen LogP contribution in [0.5, 0.6) is 11.5 Å². The summed E-state index contributed by atoms with van der Waals surface area (Å²) in [6.07, 6.45) is -5.11. The van der Waals surface area contributed by atoms with Gasteiger partial charge in [0.2, 0.25) is 0 Å². The molecule has 0 atom stereocenters. The standard InChI is InChI=1S/C15H9F3N2O5/c16-14(17,18)15(24-11-6-1-2-7-12(11)25-15)19-13(21)9-4-3-5-10(8-9)20(22)23/h1-8H,(H,19,21). The van der Waals surface area contributed by atoms with Crippen molar-refractivity contribution in [3.8, 4) is 11.5 Å². The smallest absolute Gasteiger partial charge is 0.424 e. The fraction of sp³-hybridized carbons (Fsp3) is 0.133. The van der Waals surface area contributed by atoms with Gasteiger partial charge in [-0.05, 0) is 18.2 Å². The van der Waals surface area contributed by atoms with Crippen molar-refractivity contribution in [1.82, 2.24) is 5.32 Å². The molecule has 1 amide bonds. The number of halogens is 3. The summed E-state index contributed by atoms with van der Waals surface area (Å²) in [6.45, 7) is 0. The van der Waals surface area contributed by atoms with Gasteiger partial charge in [-0.1, -0.05) is 18.2 Å². The van der Waals surface area contributed by atoms with Gasteiger partial charge in [0, 0.05) is 17.7 Å². The topological polar surface area (TPSA) is 90.7 Å². The number of alkyl halides is 3. The minimum atomic E-state index is -5.11. The van der Waals surface area contributed by atoms with E-state index in [1.165, 1.54) is 30.3 Å². The molecule has 0 spiro atoms. The van der Waals surface area contributed by atoms with E-state index in [0.717, 1.165) is 18.2 Å². The van der Waals surface area contributed by atoms with Crippen molar-refractivity contribution in [1.29, 1.82) is 0 Å². The molecule has 0 bridgehead atoms. The second-order valence-electron chi connectivity index (χ2n) is 5.03. The van der Waals surface area contributed by atoms with E-state index in [0.29, 0.717) is 0 Å². The van der Waals surface area contributed by atoms with E-state index in [1.807, 2.05) is 0 Å². The molecule has 1 heterocycles. The lowest BCUT2D eigenvalue weighted by molar-refractivity contribution is -0.384. The molecule has 3 rings (SSSR count). The third-order valence-electron chi connectivity index (χ3n) is 3.33. The van der Waals surface area contributed by atoms with Crippen molar-refractivity contribution < 1.29 is 32.4 Å². The number of hydrogen-bond donors (Lipinski definition) is 1. The largest absolute Gasteiger partial charge is 0.492 e. The highest BCUT2D eigenvalue weighted by molar-refractivity contribution is 5.95. The van der Waals surface area contributed by atoms with Gasteiger partial charge in [0.05, 0.1) is 4.92 Å². The first-order valence-electron chi connectivity index (χ1n) is 6.83. The first-order chi connectivity index (χ1) is 11.7. The summed E-state index contributed by atoms with van der Waals surface area (Å²) < 4.78 is 50.1. The molecule has 2 aromatic carbocycles. The molecular weight excluding hydrogens is 345 g/mol. The van der Waals surface area contributed by atoms with Crippen LogP contribution in [0.3, 0.4) is 0 Å². The lowest BCUT2D eigenvalue weighted by Gasteiger charge is -2.29. The van der Waals surface area contributed by atoms with Crippen LogP contribution in [0.1, 0.15) is 10.4 Å². The second kappa shape index (κ2) is 5.65. The predicted octanol–water partition coefficient (Wildman–Crippen LogP) is 3.01. The van der Waals surface area contributed by atoms with Gasteiger partial charge in [-0.2, -0.15) is 13.2 Å². The molecule has 130 valence electrons. The summed E-state index contributed by atoms with van der Waals surface area (Å²) in [5, 5.41) is 12.4. The van der Waals surface area contributed by atoms with Gasteiger partial charge in [0.15, 0.2) is 11.5 Å². The van der Waals surface area contributed by atoms with Gasteiger partial charge in [0.25, 0.3) is 11.6 Å². The van der Waals surface area contributed by atoms with E-state index in [-0.39, 0.29) is 17.1 Å². The average molecular weight is 354 g/mol. The zero-order valence-corrected chi connectivity index (χ0v) is 12.2. The molecule has 1 aliphatic heterocycles. The summed E-state index contributed by atoms with van der Waals surface area (Å²) in [5.74, 6) is -5.05. The van der Waals surface area contributed by atoms with Crippen molar-refractivity contribution in [3.05, 3.63) is 64.2 Å². The molecule has 1 N–H and O–H groups in total. The van der Waals surface area contributed by atoms with Crippen LogP contribution in [-0.2, 0) is 0 Å². The number of rotatable bonds is 3. The van der Waals surface area contributed by atoms with Crippen molar-refractivity contribution in [2.24, 2.45) is 0 Å². The Labute approximate surface area is 138 Å². The summed E-state index contributed by atoms with van der Waals surface area (Å²) >= 11 is 0. The SMILES string of the molecule is O=C(NC1(C(F)(F)F)Oc2ccccc2O1)c1cccc([N+](=O)[O-])c1. The van der Waals surface area contributed by atoms with E-state index in [2.05, 4.69) is 0 Å². The molecule has 0 saturated heterocycles. The van der Waals surface area contributed by atoms with Crippen molar-refractivity contribution in [2.45, 2.75) is 12.1 Å². The number of para-hydroxylation sites is 2. The van der Waals surface area contributed by atoms with Crippen LogP contribution in [0, 0.1) is 10.1 Å². The molecular formula is C15H9F3N2O5. The average Bonchev–Trinajstić information content (AvgIpc) is 2.94. The van der Waals surface area contributed by atoms with Crippen LogP contribution in [0.15, 0.2) is 48.5 Å². The summed E-state index contributed by atoms with van der Waals surface area (Å²) in [6, 6.07) is 9.65. The third kappa shape index (κ3) is 2.93. The zero-order chi connectivity index (χ0) is 18.2. The summed E-state index contributed by atoms with van der Waals surface area (Å²) in [5.41, 5.74) is -0.786. The molecule has 25 heavy (non-hydrogen) atoms. The Bertz CT molecular complexity index is 828. The minimum absolute atomic E-state index is 0.195. The number of carbonyl (C=O) groups excluding carboxylic acids is 1. The Hall–Kier alpha value is -3.30. The Kier molecular flexibility index (Phi) is 3.74. The van der Waals surface area contributed by atoms with Crippen molar-refractivity contribution >= 4 is 11.6 Å². The Morgan fingerprint density at radius 1 is 1.08 bits per heavy atom. The maximum atomic E-state index is 13.5. The van der Waals surface area contributed by atoms with E-state index in [9.17, 15) is 28.1 Å². The van der Waals surface area contributed by atoms with E-state index < -0.39 is 28.6 Å². The predicted molar refractivity (Wildman–Crippen MR) is 77.0 cm³/mol. The number of benzene rings is 2. The molecule has 0 radical (unpaired) electrons. The molecule has 2 aromatic rings. The molecule has 0 aliphatic carbocycles. The number of carbonyl (C=O) groups is 1. The number of nitrogens with one attached hydrogen (secondary N) is 1. The molecule has 0 unspecified atom stereocenters. The Balaban J connectivity index is 1.92. The Morgan fingerprint density at radius 3 is 2.20 bits per heavy atom. The zero-order valence-electron chi connectivity index (χ0n) is 12.2. The van der Waals surface area contributed by atoms with Gasteiger partial charge in [-0.15, -0.1) is 0 Å². The highest BCUT2D eigenvalue weighted by Crippen LogP contribution is 2.45. The van der Waals surface area contributed by atoms with E-state index in [4.69, 9.17) is 9.47 Å². The number of nitro benzene ring substituents is 1. The second-order valence-corrected chi connectivity index (χ2v) is 5.03. The molecule has 1 aliphatic rings. The minimum Gasteiger partial charge on any atom is -0.424 e. The molecule has 10 heteroatoms. The molecule has 0 aromatic heterocycles. The summed E-state index contributed by atoms with van der Waals surface area (Å²) in [7, 11) is 0. The molecule has 0 fully saturated rings. The lowest BCUT2D eigenvalue weighted by atomic mass is 10.2. The van der Waals surface area contributed by atoms with Crippen LogP contribution < -0.4 is 14.8 Å². The number of amides is 1. The maximum absolute atomic E-state index is 13.5. The van der Waals surface area contributed by atoms with Crippen LogP contribution in [0.25, 0.3) is 0 Å². The number of hydrogen-bond acceptors (Lipinski definition) is 5. The van der Waals surface area contributed by atoms with E-state index >= 15 is 0 Å². The monoisotopic (exact) mass is 354 g/mol. The first kappa shape index (κ1) is 16.6. The van der Waals surface area contributed by atoms with Gasteiger partial charge in [0.1, 0.15) is 0 Å². The number of nitrogens with zero attached hydrogens (tertiary/aromatic N) is 1. The fourth-order valence-corrected chi connectivity index (χ4v) is 2.17. The summed E-state index contributed by atoms with van der Waals surface area (Å²) in [4.78, 5) is 22.2. The number of nitro groups is 1. The van der Waals surface area contributed by atoms with Gasteiger partial charge < -0.3 is 9.47 Å². The normalized spacial score (nSPS) is 14.8. The van der Waals surface area contributed by atoms with Crippen LogP contribution in [0.4, 0.5) is 18.9 Å². The molecule has 0 saturated carbocycles.